The molecule has 0 aromatic heterocycles. The Balaban J connectivity index is 3.98. The summed E-state index contributed by atoms with van der Waals surface area (Å²) in [4.78, 5) is 21.5. The Morgan fingerprint density at radius 1 is 1.30 bits per heavy atom. The van der Waals surface area contributed by atoms with Gasteiger partial charge in [-0.05, 0) is 6.42 Å². The molecule has 0 rings (SSSR count). The summed E-state index contributed by atoms with van der Waals surface area (Å²) in [6, 6.07) is -1.59. The van der Waals surface area contributed by atoms with Gasteiger partial charge in [-0.1, -0.05) is 6.92 Å². The number of primary amides is 2. The molecule has 0 fully saturated rings. The highest BCUT2D eigenvalue weighted by atomic mass is 16.2. The standard InChI is InChI=1S/C5H11N3O2/c1-2-3-8(4(6)9)5(7)10/h2-3H2,1H3,(H2,6,9)(H2,7,10). The minimum atomic E-state index is -0.797. The van der Waals surface area contributed by atoms with Crippen LogP contribution in [0.4, 0.5) is 9.59 Å². The second-order valence-corrected chi connectivity index (χ2v) is 1.83. The van der Waals surface area contributed by atoms with E-state index in [9.17, 15) is 9.59 Å². The van der Waals surface area contributed by atoms with Crippen molar-refractivity contribution in [2.45, 2.75) is 13.3 Å². The second kappa shape index (κ2) is 3.71. The van der Waals surface area contributed by atoms with E-state index in [1.54, 1.807) is 0 Å². The van der Waals surface area contributed by atoms with Crippen LogP contribution in [0.15, 0.2) is 0 Å². The van der Waals surface area contributed by atoms with Gasteiger partial charge < -0.3 is 11.5 Å². The molecule has 0 heterocycles. The molecule has 0 saturated carbocycles. The Kier molecular flexibility index (Phi) is 3.24. The van der Waals surface area contributed by atoms with Crippen molar-refractivity contribution in [3.63, 3.8) is 0 Å². The summed E-state index contributed by atoms with van der Waals surface area (Å²) in [5, 5.41) is 0. The highest BCUT2D eigenvalue weighted by Crippen LogP contribution is 1.88. The van der Waals surface area contributed by atoms with E-state index in [1.807, 2.05) is 6.92 Å². The molecule has 0 atom stereocenters. The number of hydrogen-bond donors (Lipinski definition) is 2. The van der Waals surface area contributed by atoms with E-state index < -0.39 is 12.1 Å². The molecule has 4 N–H and O–H groups in total. The molecule has 5 nitrogen and oxygen atoms in total. The zero-order valence-electron chi connectivity index (χ0n) is 5.83. The summed E-state index contributed by atoms with van der Waals surface area (Å²) in [5.74, 6) is 0. The average Bonchev–Trinajstić information content (AvgIpc) is 1.81. The monoisotopic (exact) mass is 145 g/mol. The van der Waals surface area contributed by atoms with E-state index in [2.05, 4.69) is 0 Å². The number of nitrogens with zero attached hydrogens (tertiary/aromatic N) is 1. The van der Waals surface area contributed by atoms with Crippen molar-refractivity contribution in [3.8, 4) is 0 Å². The molecule has 0 aliphatic heterocycles. The van der Waals surface area contributed by atoms with E-state index in [1.165, 1.54) is 0 Å². The van der Waals surface area contributed by atoms with Gasteiger partial charge in [-0.3, -0.25) is 0 Å². The lowest BCUT2D eigenvalue weighted by Crippen LogP contribution is -2.44. The third kappa shape index (κ3) is 2.34. The van der Waals surface area contributed by atoms with E-state index in [0.29, 0.717) is 6.42 Å². The fourth-order valence-electron chi connectivity index (χ4n) is 0.553. The zero-order valence-corrected chi connectivity index (χ0v) is 5.83. The van der Waals surface area contributed by atoms with Crippen LogP contribution in [-0.2, 0) is 0 Å². The maximum Gasteiger partial charge on any atom is 0.322 e. The smallest absolute Gasteiger partial charge is 0.322 e. The van der Waals surface area contributed by atoms with Crippen LogP contribution < -0.4 is 11.5 Å². The number of imide groups is 1. The summed E-state index contributed by atoms with van der Waals surface area (Å²) in [6.07, 6.45) is 0.659. The molecule has 0 saturated heterocycles. The van der Waals surface area contributed by atoms with E-state index in [4.69, 9.17) is 11.5 Å². The van der Waals surface area contributed by atoms with Crippen LogP contribution in [0.1, 0.15) is 13.3 Å². The molecule has 10 heavy (non-hydrogen) atoms. The van der Waals surface area contributed by atoms with E-state index >= 15 is 0 Å². The van der Waals surface area contributed by atoms with Gasteiger partial charge in [0, 0.05) is 6.54 Å². The Morgan fingerprint density at radius 2 is 1.70 bits per heavy atom. The molecule has 5 heteroatoms. The Morgan fingerprint density at radius 3 is 1.80 bits per heavy atom. The minimum absolute atomic E-state index is 0.282. The summed E-state index contributed by atoms with van der Waals surface area (Å²) in [7, 11) is 0. The Bertz CT molecular complexity index is 132. The fraction of sp³-hybridized carbons (Fsp3) is 0.600. The Labute approximate surface area is 59.0 Å². The van der Waals surface area contributed by atoms with E-state index in [-0.39, 0.29) is 6.54 Å². The first-order valence-corrected chi connectivity index (χ1v) is 2.96. The maximum absolute atomic E-state index is 10.4. The van der Waals surface area contributed by atoms with Gasteiger partial charge in [-0.25, -0.2) is 14.5 Å². The second-order valence-electron chi connectivity index (χ2n) is 1.83. The normalized spacial score (nSPS) is 8.90. The molecule has 0 aromatic rings. The summed E-state index contributed by atoms with van der Waals surface area (Å²) in [5.41, 5.74) is 9.62. The van der Waals surface area contributed by atoms with Crippen LogP contribution in [0.5, 0.6) is 0 Å². The summed E-state index contributed by atoms with van der Waals surface area (Å²) >= 11 is 0. The number of carbonyl (C=O) groups is 2. The van der Waals surface area contributed by atoms with Gasteiger partial charge in [-0.15, -0.1) is 0 Å². The van der Waals surface area contributed by atoms with Gasteiger partial charge in [0.1, 0.15) is 0 Å². The van der Waals surface area contributed by atoms with Crippen LogP contribution in [0.2, 0.25) is 0 Å². The van der Waals surface area contributed by atoms with Crippen molar-refractivity contribution in [1.82, 2.24) is 4.90 Å². The molecule has 0 aromatic carbocycles. The van der Waals surface area contributed by atoms with Crippen LogP contribution in [0.3, 0.4) is 0 Å². The number of nitrogens with two attached hydrogens (primary N) is 2. The quantitative estimate of drug-likeness (QED) is 0.566. The largest absolute Gasteiger partial charge is 0.351 e. The molecule has 4 amide bonds. The molecule has 0 radical (unpaired) electrons. The molecule has 0 spiro atoms. The lowest BCUT2D eigenvalue weighted by Gasteiger charge is -2.13. The van der Waals surface area contributed by atoms with Crippen LogP contribution in [0.25, 0.3) is 0 Å². The first-order chi connectivity index (χ1) is 4.59. The highest BCUT2D eigenvalue weighted by molar-refractivity contribution is 5.91. The van der Waals surface area contributed by atoms with Gasteiger partial charge in [0.2, 0.25) is 0 Å². The van der Waals surface area contributed by atoms with Gasteiger partial charge >= 0.3 is 12.1 Å². The highest BCUT2D eigenvalue weighted by Gasteiger charge is 2.12. The first kappa shape index (κ1) is 8.74. The number of rotatable bonds is 2. The fourth-order valence-corrected chi connectivity index (χ4v) is 0.553. The predicted octanol–water partition coefficient (Wildman–Crippen LogP) is -0.144. The lowest BCUT2D eigenvalue weighted by atomic mass is 10.4. The number of urea groups is 2. The first-order valence-electron chi connectivity index (χ1n) is 2.96. The predicted molar refractivity (Wildman–Crippen MR) is 36.2 cm³/mol. The third-order valence-corrected chi connectivity index (χ3v) is 0.979. The van der Waals surface area contributed by atoms with Crippen LogP contribution in [0, 0.1) is 0 Å². The van der Waals surface area contributed by atoms with Crippen LogP contribution >= 0.6 is 0 Å². The number of hydrogen-bond acceptors (Lipinski definition) is 2. The van der Waals surface area contributed by atoms with Crippen molar-refractivity contribution < 1.29 is 9.59 Å². The van der Waals surface area contributed by atoms with Crippen molar-refractivity contribution in [2.24, 2.45) is 11.5 Å². The lowest BCUT2D eigenvalue weighted by molar-refractivity contribution is 0.197. The van der Waals surface area contributed by atoms with Gasteiger partial charge in [0.25, 0.3) is 0 Å². The third-order valence-electron chi connectivity index (χ3n) is 0.979. The van der Waals surface area contributed by atoms with E-state index in [0.717, 1.165) is 4.90 Å². The molecular weight excluding hydrogens is 134 g/mol. The molecule has 0 aliphatic rings. The van der Waals surface area contributed by atoms with Gasteiger partial charge in [0.15, 0.2) is 0 Å². The van der Waals surface area contributed by atoms with Crippen molar-refractivity contribution >= 4 is 12.1 Å². The van der Waals surface area contributed by atoms with Gasteiger partial charge in [-0.2, -0.15) is 0 Å². The number of carbonyl (C=O) groups excluding carboxylic acids is 2. The molecular formula is C5H11N3O2. The minimum Gasteiger partial charge on any atom is -0.351 e. The molecule has 0 unspecified atom stereocenters. The van der Waals surface area contributed by atoms with Crippen molar-refractivity contribution in [2.75, 3.05) is 6.54 Å². The molecule has 0 aliphatic carbocycles. The van der Waals surface area contributed by atoms with Crippen molar-refractivity contribution in [3.05, 3.63) is 0 Å². The zero-order chi connectivity index (χ0) is 8.15. The number of amides is 4. The maximum atomic E-state index is 10.4. The average molecular weight is 145 g/mol. The van der Waals surface area contributed by atoms with Crippen molar-refractivity contribution in [1.29, 1.82) is 0 Å². The topological polar surface area (TPSA) is 89.4 Å². The summed E-state index contributed by atoms with van der Waals surface area (Å²) < 4.78 is 0. The van der Waals surface area contributed by atoms with Gasteiger partial charge in [0.05, 0.1) is 0 Å². The van der Waals surface area contributed by atoms with Crippen LogP contribution in [-0.4, -0.2) is 23.5 Å². The SMILES string of the molecule is CCCN(C(N)=O)C(N)=O. The molecule has 0 bridgehead atoms. The molecule has 58 valence electrons. The Hall–Kier alpha value is -1.26. The summed E-state index contributed by atoms with van der Waals surface area (Å²) in [6.45, 7) is 2.10.